The molecule has 0 aliphatic carbocycles. The molecule has 0 aromatic heterocycles. The highest BCUT2D eigenvalue weighted by atomic mass is 32.2. The molecule has 0 spiro atoms. The quantitative estimate of drug-likeness (QED) is 0.127. The second-order valence-corrected chi connectivity index (χ2v) is 8.39. The molecule has 0 amide bonds. The monoisotopic (exact) mass is 404 g/mol. The van der Waals surface area contributed by atoms with Crippen LogP contribution in [0.4, 0.5) is 0 Å². The van der Waals surface area contributed by atoms with Gasteiger partial charge in [-0.1, -0.05) is 70.8 Å². The number of benzene rings is 1. The SMILES string of the molecule is CCCCCCCCCCCCc1ccc(S(=O)(=O)O)cc1OOSC. The highest BCUT2D eigenvalue weighted by Crippen LogP contribution is 2.26. The molecule has 0 aliphatic rings. The molecule has 0 bridgehead atoms. The summed E-state index contributed by atoms with van der Waals surface area (Å²) in [4.78, 5) is 4.96. The van der Waals surface area contributed by atoms with E-state index in [1.54, 1.807) is 12.3 Å². The molecule has 0 heterocycles. The van der Waals surface area contributed by atoms with E-state index in [4.69, 9.17) is 13.8 Å². The molecule has 1 rings (SSSR count). The first-order valence-electron chi connectivity index (χ1n) is 9.46. The van der Waals surface area contributed by atoms with Crippen molar-refractivity contribution in [1.82, 2.24) is 0 Å². The fourth-order valence-corrected chi connectivity index (χ4v) is 3.49. The first-order chi connectivity index (χ1) is 12.5. The van der Waals surface area contributed by atoms with Crippen LogP contribution in [0.1, 0.15) is 76.7 Å². The van der Waals surface area contributed by atoms with Crippen LogP contribution in [0, 0.1) is 0 Å². The van der Waals surface area contributed by atoms with Crippen molar-refractivity contribution in [2.24, 2.45) is 0 Å². The standard InChI is InChI=1S/C19H32O5S2/c1-3-4-5-6-7-8-9-10-11-12-13-17-14-15-18(26(20,21)22)16-19(17)23-24-25-2/h14-16H,3-13H2,1-2H3,(H,20,21,22). The number of aryl methyl sites for hydroxylation is 1. The van der Waals surface area contributed by atoms with Crippen LogP contribution in [-0.4, -0.2) is 19.2 Å². The molecule has 0 fully saturated rings. The Morgan fingerprint density at radius 1 is 0.962 bits per heavy atom. The molecule has 26 heavy (non-hydrogen) atoms. The Labute approximate surface area is 162 Å². The Kier molecular flexibility index (Phi) is 12.0. The van der Waals surface area contributed by atoms with E-state index in [-0.39, 0.29) is 4.90 Å². The van der Waals surface area contributed by atoms with Crippen molar-refractivity contribution < 1.29 is 22.2 Å². The van der Waals surface area contributed by atoms with Crippen molar-refractivity contribution in [1.29, 1.82) is 0 Å². The van der Waals surface area contributed by atoms with E-state index in [0.29, 0.717) is 5.75 Å². The summed E-state index contributed by atoms with van der Waals surface area (Å²) in [5.41, 5.74) is 0.881. The summed E-state index contributed by atoms with van der Waals surface area (Å²) >= 11 is 1.03. The van der Waals surface area contributed by atoms with E-state index in [1.807, 2.05) is 0 Å². The van der Waals surface area contributed by atoms with Crippen molar-refractivity contribution in [2.75, 3.05) is 6.26 Å². The number of rotatable bonds is 15. The first kappa shape index (κ1) is 23.3. The zero-order chi connectivity index (χ0) is 19.3. The molecular weight excluding hydrogens is 372 g/mol. The molecule has 1 N–H and O–H groups in total. The van der Waals surface area contributed by atoms with E-state index >= 15 is 0 Å². The van der Waals surface area contributed by atoms with Crippen LogP contribution < -0.4 is 4.89 Å². The summed E-state index contributed by atoms with van der Waals surface area (Å²) in [6.07, 6.45) is 15.1. The molecule has 0 unspecified atom stereocenters. The molecule has 5 nitrogen and oxygen atoms in total. The summed E-state index contributed by atoms with van der Waals surface area (Å²) < 4.78 is 36.6. The lowest BCUT2D eigenvalue weighted by Gasteiger charge is -2.10. The molecule has 0 saturated heterocycles. The lowest BCUT2D eigenvalue weighted by Crippen LogP contribution is -2.01. The fraction of sp³-hybridized carbons (Fsp3) is 0.684. The van der Waals surface area contributed by atoms with Gasteiger partial charge in [0.1, 0.15) is 0 Å². The van der Waals surface area contributed by atoms with Gasteiger partial charge >= 0.3 is 0 Å². The van der Waals surface area contributed by atoms with Crippen molar-refractivity contribution in [3.8, 4) is 5.75 Å². The minimum Gasteiger partial charge on any atom is -0.325 e. The van der Waals surface area contributed by atoms with Crippen LogP contribution in [0.3, 0.4) is 0 Å². The van der Waals surface area contributed by atoms with Crippen molar-refractivity contribution in [3.63, 3.8) is 0 Å². The van der Waals surface area contributed by atoms with E-state index in [2.05, 4.69) is 6.92 Å². The van der Waals surface area contributed by atoms with E-state index < -0.39 is 10.1 Å². The zero-order valence-corrected chi connectivity index (χ0v) is 17.5. The second-order valence-electron chi connectivity index (χ2n) is 6.49. The van der Waals surface area contributed by atoms with Gasteiger partial charge in [0.05, 0.1) is 4.90 Å². The average molecular weight is 405 g/mol. The summed E-state index contributed by atoms with van der Waals surface area (Å²) in [6, 6.07) is 4.37. The Balaban J connectivity index is 2.37. The third-order valence-corrected chi connectivity index (χ3v) is 5.38. The van der Waals surface area contributed by atoms with Crippen molar-refractivity contribution in [2.45, 2.75) is 82.4 Å². The van der Waals surface area contributed by atoms with Gasteiger partial charge < -0.3 is 4.89 Å². The number of hydrogen-bond donors (Lipinski definition) is 1. The van der Waals surface area contributed by atoms with E-state index in [1.165, 1.54) is 63.5 Å². The molecule has 0 radical (unpaired) electrons. The second kappa shape index (κ2) is 13.4. The molecular formula is C19H32O5S2. The van der Waals surface area contributed by atoms with Crippen molar-refractivity contribution >= 4 is 22.2 Å². The Morgan fingerprint density at radius 3 is 2.08 bits per heavy atom. The lowest BCUT2D eigenvalue weighted by atomic mass is 10.0. The normalized spacial score (nSPS) is 11.7. The Bertz CT molecular complexity index is 602. The van der Waals surface area contributed by atoms with Gasteiger partial charge in [0.15, 0.2) is 5.75 Å². The smallest absolute Gasteiger partial charge is 0.294 e. The summed E-state index contributed by atoms with van der Waals surface area (Å²) in [5.74, 6) is 0.338. The van der Waals surface area contributed by atoms with Gasteiger partial charge in [0.2, 0.25) is 0 Å². The molecule has 0 aliphatic heterocycles. The van der Waals surface area contributed by atoms with Crippen LogP contribution in [-0.2, 0) is 20.9 Å². The largest absolute Gasteiger partial charge is 0.325 e. The zero-order valence-electron chi connectivity index (χ0n) is 15.9. The van der Waals surface area contributed by atoms with Gasteiger partial charge in [-0.05, 0) is 24.5 Å². The van der Waals surface area contributed by atoms with Gasteiger partial charge in [0.25, 0.3) is 10.1 Å². The third kappa shape index (κ3) is 9.80. The highest BCUT2D eigenvalue weighted by Gasteiger charge is 2.14. The van der Waals surface area contributed by atoms with Crippen LogP contribution in [0.15, 0.2) is 23.1 Å². The predicted molar refractivity (Wildman–Crippen MR) is 107 cm³/mol. The predicted octanol–water partition coefficient (Wildman–Crippen LogP) is 5.99. The lowest BCUT2D eigenvalue weighted by molar-refractivity contribution is -0.0782. The molecule has 0 atom stereocenters. The van der Waals surface area contributed by atoms with Gasteiger partial charge in [-0.2, -0.15) is 8.42 Å². The highest BCUT2D eigenvalue weighted by molar-refractivity contribution is 7.93. The van der Waals surface area contributed by atoms with E-state index in [9.17, 15) is 8.42 Å². The van der Waals surface area contributed by atoms with Crippen LogP contribution in [0.5, 0.6) is 5.75 Å². The maximum absolute atomic E-state index is 11.3. The molecule has 1 aromatic carbocycles. The third-order valence-electron chi connectivity index (χ3n) is 4.33. The van der Waals surface area contributed by atoms with E-state index in [0.717, 1.165) is 36.9 Å². The number of hydrogen-bond acceptors (Lipinski definition) is 5. The van der Waals surface area contributed by atoms with Crippen LogP contribution in [0.25, 0.3) is 0 Å². The van der Waals surface area contributed by atoms with Gasteiger partial charge in [0, 0.05) is 24.4 Å². The van der Waals surface area contributed by atoms with Crippen LogP contribution >= 0.6 is 12.0 Å². The fourth-order valence-electron chi connectivity index (χ4n) is 2.85. The minimum absolute atomic E-state index is 0.191. The van der Waals surface area contributed by atoms with Gasteiger partial charge in [-0.25, -0.2) is 0 Å². The maximum Gasteiger partial charge on any atom is 0.294 e. The summed E-state index contributed by atoms with van der Waals surface area (Å²) in [6.45, 7) is 2.24. The molecule has 7 heteroatoms. The van der Waals surface area contributed by atoms with Gasteiger partial charge in [-0.3, -0.25) is 4.55 Å². The summed E-state index contributed by atoms with van der Waals surface area (Å²) in [5, 5.41) is 0. The van der Waals surface area contributed by atoms with Crippen molar-refractivity contribution in [3.05, 3.63) is 23.8 Å². The van der Waals surface area contributed by atoms with Gasteiger partial charge in [-0.15, -0.1) is 4.33 Å². The Hall–Kier alpha value is -0.760. The minimum atomic E-state index is -4.25. The topological polar surface area (TPSA) is 72.8 Å². The number of unbranched alkanes of at least 4 members (excludes halogenated alkanes) is 9. The first-order valence-corrected chi connectivity index (χ1v) is 12.1. The van der Waals surface area contributed by atoms with Crippen LogP contribution in [0.2, 0.25) is 0 Å². The Morgan fingerprint density at radius 2 is 1.54 bits per heavy atom. The molecule has 1 aromatic rings. The maximum atomic E-state index is 11.3. The molecule has 0 saturated carbocycles. The average Bonchev–Trinajstić information content (AvgIpc) is 2.61. The summed E-state index contributed by atoms with van der Waals surface area (Å²) in [7, 11) is -4.25. The molecule has 150 valence electrons.